The molecule has 0 bridgehead atoms. The number of carbonyl (C=O) groups is 1. The lowest BCUT2D eigenvalue weighted by atomic mass is 10.1. The van der Waals surface area contributed by atoms with E-state index in [2.05, 4.69) is 5.32 Å². The summed E-state index contributed by atoms with van der Waals surface area (Å²) >= 11 is 0. The summed E-state index contributed by atoms with van der Waals surface area (Å²) in [6.07, 6.45) is -0.941. The highest BCUT2D eigenvalue weighted by molar-refractivity contribution is 5.97. The number of amides is 1. The molecular formula is C18H18FNO5. The van der Waals surface area contributed by atoms with Gasteiger partial charge in [0.05, 0.1) is 5.56 Å². The third-order valence-electron chi connectivity index (χ3n) is 3.55. The van der Waals surface area contributed by atoms with Gasteiger partial charge in [0, 0.05) is 12.6 Å². The fourth-order valence-corrected chi connectivity index (χ4v) is 2.37. The molecule has 0 aromatic heterocycles. The molecule has 2 aromatic carbocycles. The number of para-hydroxylation sites is 1. The van der Waals surface area contributed by atoms with E-state index in [0.29, 0.717) is 36.0 Å². The molecule has 1 amide bonds. The van der Waals surface area contributed by atoms with Gasteiger partial charge in [-0.1, -0.05) is 12.1 Å². The average molecular weight is 347 g/mol. The number of carbonyl (C=O) groups excluding carboxylic acids is 1. The monoisotopic (exact) mass is 347 g/mol. The van der Waals surface area contributed by atoms with E-state index >= 15 is 0 Å². The molecule has 0 aliphatic carbocycles. The van der Waals surface area contributed by atoms with Crippen molar-refractivity contribution in [3.05, 3.63) is 53.8 Å². The van der Waals surface area contributed by atoms with E-state index in [0.717, 1.165) is 0 Å². The molecule has 3 rings (SSSR count). The van der Waals surface area contributed by atoms with E-state index < -0.39 is 11.9 Å². The average Bonchev–Trinajstić information content (AvgIpc) is 2.64. The zero-order valence-corrected chi connectivity index (χ0v) is 13.4. The Hall–Kier alpha value is -2.80. The van der Waals surface area contributed by atoms with Crippen molar-refractivity contribution in [3.8, 4) is 17.2 Å². The number of hydrogen-bond acceptors (Lipinski definition) is 5. The van der Waals surface area contributed by atoms with Gasteiger partial charge in [0.2, 0.25) is 0 Å². The highest BCUT2D eigenvalue weighted by Crippen LogP contribution is 2.33. The Morgan fingerprint density at radius 3 is 2.88 bits per heavy atom. The molecule has 1 aliphatic rings. The lowest BCUT2D eigenvalue weighted by Crippen LogP contribution is -2.35. The molecule has 0 saturated carbocycles. The van der Waals surface area contributed by atoms with Crippen LogP contribution >= 0.6 is 0 Å². The predicted octanol–water partition coefficient (Wildman–Crippen LogP) is 1.77. The SMILES string of the molecule is O=C(NCC(O)COc1cccc(F)c1)c1cccc2c1OCCO2. The maximum atomic E-state index is 13.0. The number of rotatable bonds is 6. The van der Waals surface area contributed by atoms with Crippen LogP contribution in [0.1, 0.15) is 10.4 Å². The molecule has 0 spiro atoms. The minimum absolute atomic E-state index is 0.0152. The van der Waals surface area contributed by atoms with Crippen LogP contribution in [0, 0.1) is 5.82 Å². The largest absolute Gasteiger partial charge is 0.491 e. The molecule has 1 heterocycles. The van der Waals surface area contributed by atoms with Gasteiger partial charge in [0.25, 0.3) is 5.91 Å². The summed E-state index contributed by atoms with van der Waals surface area (Å²) in [5.74, 6) is 0.433. The molecule has 6 nitrogen and oxygen atoms in total. The van der Waals surface area contributed by atoms with Crippen molar-refractivity contribution in [3.63, 3.8) is 0 Å². The van der Waals surface area contributed by atoms with Crippen LogP contribution in [0.5, 0.6) is 17.2 Å². The van der Waals surface area contributed by atoms with Gasteiger partial charge in [0.15, 0.2) is 11.5 Å². The minimum Gasteiger partial charge on any atom is -0.491 e. The van der Waals surface area contributed by atoms with Gasteiger partial charge in [0.1, 0.15) is 37.5 Å². The van der Waals surface area contributed by atoms with Gasteiger partial charge < -0.3 is 24.6 Å². The van der Waals surface area contributed by atoms with Crippen LogP contribution in [-0.4, -0.2) is 43.5 Å². The van der Waals surface area contributed by atoms with Gasteiger partial charge in [-0.15, -0.1) is 0 Å². The molecule has 132 valence electrons. The second-order valence-electron chi connectivity index (χ2n) is 5.46. The number of hydrogen-bond donors (Lipinski definition) is 2. The molecule has 2 N–H and O–H groups in total. The number of nitrogens with one attached hydrogen (secondary N) is 1. The zero-order valence-electron chi connectivity index (χ0n) is 13.4. The zero-order chi connectivity index (χ0) is 17.6. The summed E-state index contributed by atoms with van der Waals surface area (Å²) < 4.78 is 29.3. The van der Waals surface area contributed by atoms with Crippen LogP contribution < -0.4 is 19.5 Å². The van der Waals surface area contributed by atoms with Crippen molar-refractivity contribution in [1.29, 1.82) is 0 Å². The summed E-state index contributed by atoms with van der Waals surface area (Å²) in [5.41, 5.74) is 0.343. The van der Waals surface area contributed by atoms with Crippen molar-refractivity contribution >= 4 is 5.91 Å². The van der Waals surface area contributed by atoms with Gasteiger partial charge in [-0.25, -0.2) is 4.39 Å². The van der Waals surface area contributed by atoms with Crippen molar-refractivity contribution in [1.82, 2.24) is 5.32 Å². The molecule has 0 fully saturated rings. The maximum absolute atomic E-state index is 13.0. The van der Waals surface area contributed by atoms with Crippen LogP contribution in [0.3, 0.4) is 0 Å². The molecule has 0 saturated heterocycles. The number of fused-ring (bicyclic) bond motifs is 1. The highest BCUT2D eigenvalue weighted by Gasteiger charge is 2.20. The molecule has 1 atom stereocenters. The van der Waals surface area contributed by atoms with Crippen LogP contribution in [0.25, 0.3) is 0 Å². The summed E-state index contributed by atoms with van der Waals surface area (Å²) in [6.45, 7) is 0.727. The Balaban J connectivity index is 1.52. The number of benzene rings is 2. The summed E-state index contributed by atoms with van der Waals surface area (Å²) in [5, 5.41) is 12.5. The normalized spacial score (nSPS) is 13.8. The smallest absolute Gasteiger partial charge is 0.255 e. The maximum Gasteiger partial charge on any atom is 0.255 e. The third-order valence-corrected chi connectivity index (χ3v) is 3.55. The molecule has 1 aliphatic heterocycles. The van der Waals surface area contributed by atoms with Crippen molar-refractivity contribution < 1.29 is 28.5 Å². The lowest BCUT2D eigenvalue weighted by Gasteiger charge is -2.21. The number of halogens is 1. The lowest BCUT2D eigenvalue weighted by molar-refractivity contribution is 0.0835. The summed E-state index contributed by atoms with van der Waals surface area (Å²) in [7, 11) is 0. The Labute approximate surface area is 144 Å². The Kier molecular flexibility index (Phi) is 5.35. The summed E-state index contributed by atoms with van der Waals surface area (Å²) in [6, 6.07) is 10.7. The molecule has 2 aromatic rings. The summed E-state index contributed by atoms with van der Waals surface area (Å²) in [4.78, 5) is 12.3. The Morgan fingerprint density at radius 1 is 1.24 bits per heavy atom. The predicted molar refractivity (Wildman–Crippen MR) is 87.7 cm³/mol. The fourth-order valence-electron chi connectivity index (χ4n) is 2.37. The van der Waals surface area contributed by atoms with Crippen molar-refractivity contribution in [2.45, 2.75) is 6.10 Å². The molecule has 1 unspecified atom stereocenters. The van der Waals surface area contributed by atoms with Crippen LogP contribution in [0.2, 0.25) is 0 Å². The molecule has 25 heavy (non-hydrogen) atoms. The van der Waals surface area contributed by atoms with E-state index in [9.17, 15) is 14.3 Å². The Bertz CT molecular complexity index is 752. The molecule has 0 radical (unpaired) electrons. The number of aliphatic hydroxyl groups excluding tert-OH is 1. The number of aliphatic hydroxyl groups is 1. The van der Waals surface area contributed by atoms with E-state index in [-0.39, 0.29) is 19.1 Å². The van der Waals surface area contributed by atoms with Gasteiger partial charge in [-0.05, 0) is 24.3 Å². The van der Waals surface area contributed by atoms with E-state index in [1.807, 2.05) is 0 Å². The first kappa shape index (κ1) is 17.0. The quantitative estimate of drug-likeness (QED) is 0.833. The van der Waals surface area contributed by atoms with E-state index in [4.69, 9.17) is 14.2 Å². The highest BCUT2D eigenvalue weighted by atomic mass is 19.1. The van der Waals surface area contributed by atoms with Crippen LogP contribution in [0.15, 0.2) is 42.5 Å². The first-order chi connectivity index (χ1) is 12.1. The van der Waals surface area contributed by atoms with Gasteiger partial charge in [-0.3, -0.25) is 4.79 Å². The third kappa shape index (κ3) is 4.39. The topological polar surface area (TPSA) is 77.0 Å². The first-order valence-corrected chi connectivity index (χ1v) is 7.87. The molecule has 7 heteroatoms. The van der Waals surface area contributed by atoms with Crippen molar-refractivity contribution in [2.24, 2.45) is 0 Å². The van der Waals surface area contributed by atoms with Crippen LogP contribution in [0.4, 0.5) is 4.39 Å². The fraction of sp³-hybridized carbons (Fsp3) is 0.278. The van der Waals surface area contributed by atoms with Crippen molar-refractivity contribution in [2.75, 3.05) is 26.4 Å². The second-order valence-corrected chi connectivity index (χ2v) is 5.46. The Morgan fingerprint density at radius 2 is 2.04 bits per heavy atom. The van der Waals surface area contributed by atoms with E-state index in [1.165, 1.54) is 18.2 Å². The molecular weight excluding hydrogens is 329 g/mol. The van der Waals surface area contributed by atoms with Gasteiger partial charge in [-0.2, -0.15) is 0 Å². The standard InChI is InChI=1S/C18H18FNO5/c19-12-3-1-4-14(9-12)25-11-13(21)10-20-18(22)15-5-2-6-16-17(15)24-8-7-23-16/h1-6,9,13,21H,7-8,10-11H2,(H,20,22). The van der Waals surface area contributed by atoms with E-state index in [1.54, 1.807) is 24.3 Å². The first-order valence-electron chi connectivity index (χ1n) is 7.87. The van der Waals surface area contributed by atoms with Gasteiger partial charge >= 0.3 is 0 Å². The minimum atomic E-state index is -0.941. The second kappa shape index (κ2) is 7.85. The number of ether oxygens (including phenoxy) is 3. The van der Waals surface area contributed by atoms with Crippen LogP contribution in [-0.2, 0) is 0 Å².